The highest BCUT2D eigenvalue weighted by Gasteiger charge is 2.35. The van der Waals surface area contributed by atoms with E-state index in [9.17, 15) is 8.42 Å². The van der Waals surface area contributed by atoms with Crippen molar-refractivity contribution in [2.24, 2.45) is 7.05 Å². The number of hydrogen-bond acceptors (Lipinski definition) is 4. The van der Waals surface area contributed by atoms with Gasteiger partial charge in [-0.1, -0.05) is 30.3 Å². The van der Waals surface area contributed by atoms with Gasteiger partial charge >= 0.3 is 0 Å². The molecule has 1 N–H and O–H groups in total. The van der Waals surface area contributed by atoms with E-state index < -0.39 is 10.0 Å². The Morgan fingerprint density at radius 2 is 1.72 bits per heavy atom. The lowest BCUT2D eigenvalue weighted by molar-refractivity contribution is 0.600. The SMILES string of the molecule is Cn1cc(-c2ccc(-c3cncc4ccc(NS(=O)(=O)C5CC5)cc34)cc2)cn1. The van der Waals surface area contributed by atoms with Crippen LogP contribution in [0, 0.1) is 0 Å². The van der Waals surface area contributed by atoms with Gasteiger partial charge in [0, 0.05) is 47.8 Å². The lowest BCUT2D eigenvalue weighted by atomic mass is 9.98. The number of nitrogens with one attached hydrogen (secondary N) is 1. The maximum absolute atomic E-state index is 12.3. The van der Waals surface area contributed by atoms with Crippen LogP contribution in [0.3, 0.4) is 0 Å². The molecule has 6 nitrogen and oxygen atoms in total. The average molecular weight is 404 g/mol. The molecule has 1 fully saturated rings. The number of pyridine rings is 1. The molecule has 0 atom stereocenters. The topological polar surface area (TPSA) is 76.9 Å². The van der Waals surface area contributed by atoms with E-state index >= 15 is 0 Å². The van der Waals surface area contributed by atoms with Gasteiger partial charge in [0.2, 0.25) is 10.0 Å². The van der Waals surface area contributed by atoms with E-state index in [0.29, 0.717) is 5.69 Å². The number of hydrogen-bond donors (Lipinski definition) is 1. The van der Waals surface area contributed by atoms with E-state index in [-0.39, 0.29) is 5.25 Å². The zero-order valence-electron chi connectivity index (χ0n) is 15.9. The third-order valence-corrected chi connectivity index (χ3v) is 7.09. The van der Waals surface area contributed by atoms with Crippen molar-refractivity contribution >= 4 is 26.5 Å². The van der Waals surface area contributed by atoms with E-state index in [2.05, 4.69) is 39.1 Å². The highest BCUT2D eigenvalue weighted by molar-refractivity contribution is 7.93. The highest BCUT2D eigenvalue weighted by atomic mass is 32.2. The van der Waals surface area contributed by atoms with Gasteiger partial charge < -0.3 is 0 Å². The summed E-state index contributed by atoms with van der Waals surface area (Å²) < 4.78 is 29.1. The minimum absolute atomic E-state index is 0.255. The second-order valence-corrected chi connectivity index (χ2v) is 9.41. The van der Waals surface area contributed by atoms with Crippen LogP contribution in [0.1, 0.15) is 12.8 Å². The van der Waals surface area contributed by atoms with Crippen LogP contribution < -0.4 is 4.72 Å². The zero-order valence-corrected chi connectivity index (χ0v) is 16.7. The van der Waals surface area contributed by atoms with Crippen LogP contribution in [0.15, 0.2) is 67.3 Å². The predicted molar refractivity (Wildman–Crippen MR) is 115 cm³/mol. The van der Waals surface area contributed by atoms with Crippen LogP contribution in [-0.4, -0.2) is 28.4 Å². The summed E-state index contributed by atoms with van der Waals surface area (Å²) in [5.41, 5.74) is 4.73. The molecule has 1 aliphatic rings. The molecule has 5 rings (SSSR count). The Bertz CT molecular complexity index is 1310. The summed E-state index contributed by atoms with van der Waals surface area (Å²) in [6.07, 6.45) is 8.91. The fourth-order valence-corrected chi connectivity index (χ4v) is 4.87. The number of rotatable bonds is 5. The van der Waals surface area contributed by atoms with Gasteiger partial charge in [0.05, 0.1) is 11.4 Å². The molecule has 0 radical (unpaired) electrons. The molecule has 1 saturated carbocycles. The third-order valence-electron chi connectivity index (χ3n) is 5.22. The molecular formula is C22H20N4O2S. The Balaban J connectivity index is 1.53. The minimum atomic E-state index is -3.29. The molecule has 0 bridgehead atoms. The van der Waals surface area contributed by atoms with E-state index in [1.165, 1.54) is 0 Å². The molecule has 7 heteroatoms. The molecule has 0 spiro atoms. The van der Waals surface area contributed by atoms with Gasteiger partial charge in [-0.25, -0.2) is 8.42 Å². The Morgan fingerprint density at radius 1 is 0.966 bits per heavy atom. The van der Waals surface area contributed by atoms with Gasteiger partial charge in [-0.05, 0) is 41.5 Å². The molecule has 1 aliphatic carbocycles. The minimum Gasteiger partial charge on any atom is -0.283 e. The number of sulfonamides is 1. The number of benzene rings is 2. The Kier molecular flexibility index (Phi) is 4.13. The second-order valence-electron chi connectivity index (χ2n) is 7.45. The van der Waals surface area contributed by atoms with Gasteiger partial charge in [-0.2, -0.15) is 5.10 Å². The average Bonchev–Trinajstić information content (AvgIpc) is 3.50. The van der Waals surface area contributed by atoms with Crippen molar-refractivity contribution in [2.45, 2.75) is 18.1 Å². The number of aromatic nitrogens is 3. The van der Waals surface area contributed by atoms with Gasteiger partial charge in [0.25, 0.3) is 0 Å². The zero-order chi connectivity index (χ0) is 20.0. The number of anilines is 1. The summed E-state index contributed by atoms with van der Waals surface area (Å²) in [4.78, 5) is 4.36. The molecule has 146 valence electrons. The summed E-state index contributed by atoms with van der Waals surface area (Å²) in [5.74, 6) is 0. The van der Waals surface area contributed by atoms with Crippen LogP contribution >= 0.6 is 0 Å². The molecule has 0 amide bonds. The lowest BCUT2D eigenvalue weighted by Gasteiger charge is -2.11. The molecule has 4 aromatic rings. The summed E-state index contributed by atoms with van der Waals surface area (Å²) in [6, 6.07) is 13.8. The van der Waals surface area contributed by atoms with E-state index in [0.717, 1.165) is 45.9 Å². The van der Waals surface area contributed by atoms with Gasteiger partial charge in [-0.15, -0.1) is 0 Å². The summed E-state index contributed by atoms with van der Waals surface area (Å²) in [7, 11) is -1.40. The van der Waals surface area contributed by atoms with E-state index in [4.69, 9.17) is 0 Å². The van der Waals surface area contributed by atoms with Gasteiger partial charge in [0.15, 0.2) is 0 Å². The first-order valence-electron chi connectivity index (χ1n) is 9.48. The second kappa shape index (κ2) is 6.70. The lowest BCUT2D eigenvalue weighted by Crippen LogP contribution is -2.17. The fourth-order valence-electron chi connectivity index (χ4n) is 3.50. The number of aryl methyl sites for hydroxylation is 1. The van der Waals surface area contributed by atoms with E-state index in [1.807, 2.05) is 37.8 Å². The van der Waals surface area contributed by atoms with Gasteiger partial charge in [0.1, 0.15) is 0 Å². The first-order valence-corrected chi connectivity index (χ1v) is 11.0. The predicted octanol–water partition coefficient (Wildman–Crippen LogP) is 4.21. The fraction of sp³-hybridized carbons (Fsp3) is 0.182. The first-order chi connectivity index (χ1) is 14.0. The van der Waals surface area contributed by atoms with Crippen molar-refractivity contribution in [1.82, 2.24) is 14.8 Å². The molecule has 2 heterocycles. The van der Waals surface area contributed by atoms with Crippen molar-refractivity contribution in [3.8, 4) is 22.3 Å². The van der Waals surface area contributed by atoms with Crippen molar-refractivity contribution < 1.29 is 8.42 Å². The maximum Gasteiger partial charge on any atom is 0.235 e. The quantitative estimate of drug-likeness (QED) is 0.541. The largest absolute Gasteiger partial charge is 0.283 e. The standard InChI is InChI=1S/C22H20N4O2S/c1-26-14-18(12-24-26)15-2-4-16(5-3-15)22-13-23-11-17-6-7-19(10-21(17)22)25-29(27,28)20-8-9-20/h2-7,10-14,20,25H,8-9H2,1H3. The van der Waals surface area contributed by atoms with Crippen LogP contribution in [-0.2, 0) is 17.1 Å². The smallest absolute Gasteiger partial charge is 0.235 e. The van der Waals surface area contributed by atoms with Crippen molar-refractivity contribution in [1.29, 1.82) is 0 Å². The van der Waals surface area contributed by atoms with Crippen LogP contribution in [0.4, 0.5) is 5.69 Å². The van der Waals surface area contributed by atoms with Crippen molar-refractivity contribution in [3.05, 3.63) is 67.3 Å². The Hall–Kier alpha value is -3.19. The van der Waals surface area contributed by atoms with Crippen LogP contribution in [0.5, 0.6) is 0 Å². The maximum atomic E-state index is 12.3. The molecular weight excluding hydrogens is 384 g/mol. The summed E-state index contributed by atoms with van der Waals surface area (Å²) >= 11 is 0. The van der Waals surface area contributed by atoms with Crippen molar-refractivity contribution in [3.63, 3.8) is 0 Å². The Labute approximate surface area is 169 Å². The van der Waals surface area contributed by atoms with Crippen LogP contribution in [0.25, 0.3) is 33.0 Å². The summed E-state index contributed by atoms with van der Waals surface area (Å²) in [5, 5.41) is 5.90. The normalized spacial score (nSPS) is 14.2. The first kappa shape index (κ1) is 17.9. The molecule has 0 unspecified atom stereocenters. The molecule has 0 saturated heterocycles. The highest BCUT2D eigenvalue weighted by Crippen LogP contribution is 2.33. The molecule has 0 aliphatic heterocycles. The number of nitrogens with zero attached hydrogens (tertiary/aromatic N) is 3. The number of fused-ring (bicyclic) bond motifs is 1. The molecule has 2 aromatic heterocycles. The third kappa shape index (κ3) is 3.49. The Morgan fingerprint density at radius 3 is 2.41 bits per heavy atom. The van der Waals surface area contributed by atoms with Crippen molar-refractivity contribution in [2.75, 3.05) is 4.72 Å². The monoisotopic (exact) mass is 404 g/mol. The summed E-state index contributed by atoms with van der Waals surface area (Å²) in [6.45, 7) is 0. The van der Waals surface area contributed by atoms with E-state index in [1.54, 1.807) is 16.9 Å². The van der Waals surface area contributed by atoms with Crippen LogP contribution in [0.2, 0.25) is 0 Å². The molecule has 29 heavy (non-hydrogen) atoms. The van der Waals surface area contributed by atoms with Gasteiger partial charge in [-0.3, -0.25) is 14.4 Å². The molecule has 2 aromatic carbocycles.